The second-order valence-corrected chi connectivity index (χ2v) is 5.55. The van der Waals surface area contributed by atoms with E-state index < -0.39 is 0 Å². The molecule has 0 saturated heterocycles. The highest BCUT2D eigenvalue weighted by Gasteiger charge is 2.37. The molecule has 1 atom stereocenters. The zero-order valence-corrected chi connectivity index (χ0v) is 11.9. The highest BCUT2D eigenvalue weighted by Crippen LogP contribution is 2.49. The molecule has 1 unspecified atom stereocenters. The normalized spacial score (nSPS) is 22.7. The molecule has 0 heteroatoms. The van der Waals surface area contributed by atoms with Crippen LogP contribution in [0.4, 0.5) is 0 Å². The SMILES string of the molecule is C=C(C)CC1(C)C(C)=C(/C=C\C)c2ccccc21. The van der Waals surface area contributed by atoms with Gasteiger partial charge in [0.25, 0.3) is 0 Å². The first-order valence-electron chi connectivity index (χ1n) is 6.59. The molecule has 0 amide bonds. The lowest BCUT2D eigenvalue weighted by molar-refractivity contribution is 0.563. The van der Waals surface area contributed by atoms with Crippen LogP contribution < -0.4 is 0 Å². The van der Waals surface area contributed by atoms with Crippen molar-refractivity contribution >= 4 is 5.57 Å². The molecule has 1 aromatic rings. The summed E-state index contributed by atoms with van der Waals surface area (Å²) in [5.41, 5.74) is 7.03. The maximum atomic E-state index is 4.10. The molecular formula is C18H22. The number of hydrogen-bond acceptors (Lipinski definition) is 0. The second kappa shape index (κ2) is 4.61. The van der Waals surface area contributed by atoms with Crippen LogP contribution in [0.1, 0.15) is 45.2 Å². The van der Waals surface area contributed by atoms with Crippen LogP contribution in [0.25, 0.3) is 5.57 Å². The van der Waals surface area contributed by atoms with Crippen LogP contribution in [-0.2, 0) is 5.41 Å². The molecule has 0 heterocycles. The lowest BCUT2D eigenvalue weighted by Gasteiger charge is -2.28. The van der Waals surface area contributed by atoms with Gasteiger partial charge in [-0.3, -0.25) is 0 Å². The Bertz CT molecular complexity index is 543. The minimum absolute atomic E-state index is 0.108. The zero-order valence-electron chi connectivity index (χ0n) is 11.9. The van der Waals surface area contributed by atoms with E-state index in [1.807, 2.05) is 0 Å². The highest BCUT2D eigenvalue weighted by molar-refractivity contribution is 5.85. The molecule has 1 aliphatic carbocycles. The molecule has 1 aliphatic rings. The summed E-state index contributed by atoms with van der Waals surface area (Å²) in [5, 5.41) is 0. The summed E-state index contributed by atoms with van der Waals surface area (Å²) in [5.74, 6) is 0. The smallest absolute Gasteiger partial charge is 0.0183 e. The molecule has 0 nitrogen and oxygen atoms in total. The van der Waals surface area contributed by atoms with E-state index in [4.69, 9.17) is 0 Å². The molecule has 0 bridgehead atoms. The molecule has 0 aliphatic heterocycles. The maximum absolute atomic E-state index is 4.10. The first-order valence-corrected chi connectivity index (χ1v) is 6.59. The third-order valence-corrected chi connectivity index (χ3v) is 4.03. The predicted molar refractivity (Wildman–Crippen MR) is 80.6 cm³/mol. The monoisotopic (exact) mass is 238 g/mol. The van der Waals surface area contributed by atoms with E-state index in [1.54, 1.807) is 0 Å². The van der Waals surface area contributed by atoms with Gasteiger partial charge in [0, 0.05) is 5.41 Å². The minimum Gasteiger partial charge on any atom is -0.100 e. The van der Waals surface area contributed by atoms with Crippen LogP contribution in [-0.4, -0.2) is 0 Å². The van der Waals surface area contributed by atoms with Gasteiger partial charge in [0.05, 0.1) is 0 Å². The van der Waals surface area contributed by atoms with Gasteiger partial charge in [0.1, 0.15) is 0 Å². The summed E-state index contributed by atoms with van der Waals surface area (Å²) in [7, 11) is 0. The van der Waals surface area contributed by atoms with Gasteiger partial charge < -0.3 is 0 Å². The molecule has 0 radical (unpaired) electrons. The van der Waals surface area contributed by atoms with Gasteiger partial charge in [-0.05, 0) is 43.9 Å². The number of benzene rings is 1. The van der Waals surface area contributed by atoms with Crippen molar-refractivity contribution < 1.29 is 0 Å². The molecule has 2 rings (SSSR count). The average molecular weight is 238 g/mol. The molecule has 18 heavy (non-hydrogen) atoms. The van der Waals surface area contributed by atoms with Crippen molar-refractivity contribution in [1.29, 1.82) is 0 Å². The van der Waals surface area contributed by atoms with E-state index in [0.29, 0.717) is 0 Å². The van der Waals surface area contributed by atoms with Crippen molar-refractivity contribution in [1.82, 2.24) is 0 Å². The summed E-state index contributed by atoms with van der Waals surface area (Å²) in [6.45, 7) is 12.9. The fourth-order valence-electron chi connectivity index (χ4n) is 3.11. The molecule has 94 valence electrons. The van der Waals surface area contributed by atoms with Crippen molar-refractivity contribution in [2.75, 3.05) is 0 Å². The topological polar surface area (TPSA) is 0 Å². The van der Waals surface area contributed by atoms with Crippen LogP contribution in [0, 0.1) is 0 Å². The van der Waals surface area contributed by atoms with Gasteiger partial charge in [-0.25, -0.2) is 0 Å². The van der Waals surface area contributed by atoms with Gasteiger partial charge in [0.15, 0.2) is 0 Å². The summed E-state index contributed by atoms with van der Waals surface area (Å²) < 4.78 is 0. The number of hydrogen-bond donors (Lipinski definition) is 0. The van der Waals surface area contributed by atoms with Crippen molar-refractivity contribution in [3.05, 3.63) is 65.3 Å². The lowest BCUT2D eigenvalue weighted by Crippen LogP contribution is -2.21. The van der Waals surface area contributed by atoms with E-state index in [2.05, 4.69) is 70.7 Å². The van der Waals surface area contributed by atoms with E-state index in [-0.39, 0.29) is 5.41 Å². The zero-order chi connectivity index (χ0) is 13.3. The Labute approximate surface area is 111 Å². The number of fused-ring (bicyclic) bond motifs is 1. The maximum Gasteiger partial charge on any atom is 0.0183 e. The Kier molecular flexibility index (Phi) is 3.30. The van der Waals surface area contributed by atoms with Crippen LogP contribution >= 0.6 is 0 Å². The van der Waals surface area contributed by atoms with Crippen LogP contribution in [0.3, 0.4) is 0 Å². The first-order chi connectivity index (χ1) is 8.50. The summed E-state index contributed by atoms with van der Waals surface area (Å²) in [6, 6.07) is 8.76. The van der Waals surface area contributed by atoms with Crippen LogP contribution in [0.5, 0.6) is 0 Å². The molecule has 0 aromatic heterocycles. The first kappa shape index (κ1) is 12.9. The number of allylic oxidation sites excluding steroid dienone is 5. The minimum atomic E-state index is 0.108. The third kappa shape index (κ3) is 1.86. The largest absolute Gasteiger partial charge is 0.100 e. The molecule has 0 spiro atoms. The molecule has 0 fully saturated rings. The Balaban J connectivity index is 2.65. The predicted octanol–water partition coefficient (Wildman–Crippen LogP) is 5.27. The van der Waals surface area contributed by atoms with Crippen molar-refractivity contribution in [2.24, 2.45) is 0 Å². The van der Waals surface area contributed by atoms with E-state index in [1.165, 1.54) is 27.8 Å². The van der Waals surface area contributed by atoms with Crippen molar-refractivity contribution in [3.63, 3.8) is 0 Å². The quantitative estimate of drug-likeness (QED) is 0.629. The Hall–Kier alpha value is -1.56. The Morgan fingerprint density at radius 2 is 2.00 bits per heavy atom. The van der Waals surface area contributed by atoms with Gasteiger partial charge in [-0.15, -0.1) is 6.58 Å². The van der Waals surface area contributed by atoms with Gasteiger partial charge in [-0.2, -0.15) is 0 Å². The summed E-state index contributed by atoms with van der Waals surface area (Å²) in [6.07, 6.45) is 5.39. The van der Waals surface area contributed by atoms with Crippen molar-refractivity contribution in [2.45, 2.75) is 39.5 Å². The standard InChI is InChI=1S/C18H22/c1-6-9-15-14(4)18(5,12-13(2)3)17-11-8-7-10-16(15)17/h6-11H,2,12H2,1,3-5H3/b9-6-. The third-order valence-electron chi connectivity index (χ3n) is 4.03. The van der Waals surface area contributed by atoms with Crippen LogP contribution in [0.15, 0.2) is 54.1 Å². The van der Waals surface area contributed by atoms with Gasteiger partial charge in [0.2, 0.25) is 0 Å². The van der Waals surface area contributed by atoms with Crippen LogP contribution in [0.2, 0.25) is 0 Å². The summed E-state index contributed by atoms with van der Waals surface area (Å²) in [4.78, 5) is 0. The summed E-state index contributed by atoms with van der Waals surface area (Å²) >= 11 is 0. The van der Waals surface area contributed by atoms with E-state index in [9.17, 15) is 0 Å². The fourth-order valence-corrected chi connectivity index (χ4v) is 3.11. The highest BCUT2D eigenvalue weighted by atomic mass is 14.4. The lowest BCUT2D eigenvalue weighted by atomic mass is 9.75. The fraction of sp³-hybridized carbons (Fsp3) is 0.333. The van der Waals surface area contributed by atoms with E-state index in [0.717, 1.165) is 6.42 Å². The van der Waals surface area contributed by atoms with Gasteiger partial charge >= 0.3 is 0 Å². The Morgan fingerprint density at radius 1 is 1.33 bits per heavy atom. The Morgan fingerprint density at radius 3 is 2.61 bits per heavy atom. The number of rotatable bonds is 3. The van der Waals surface area contributed by atoms with Gasteiger partial charge in [-0.1, -0.05) is 54.5 Å². The average Bonchev–Trinajstić information content (AvgIpc) is 2.52. The van der Waals surface area contributed by atoms with E-state index >= 15 is 0 Å². The second-order valence-electron chi connectivity index (χ2n) is 5.55. The molecule has 1 aromatic carbocycles. The van der Waals surface area contributed by atoms with Crippen molar-refractivity contribution in [3.8, 4) is 0 Å². The molecule has 0 saturated carbocycles. The molecule has 0 N–H and O–H groups in total. The molecular weight excluding hydrogens is 216 g/mol.